The number of hydrogen-bond acceptors (Lipinski definition) is 4. The lowest BCUT2D eigenvalue weighted by molar-refractivity contribution is 0.0251. The lowest BCUT2D eigenvalue weighted by Crippen LogP contribution is -2.42. The van der Waals surface area contributed by atoms with Gasteiger partial charge in [0.25, 0.3) is 0 Å². The first kappa shape index (κ1) is 18.2. The van der Waals surface area contributed by atoms with E-state index in [1.165, 1.54) is 12.8 Å². The average molecular weight is 299 g/mol. The monoisotopic (exact) mass is 299 g/mol. The van der Waals surface area contributed by atoms with Crippen molar-refractivity contribution < 1.29 is 9.53 Å². The zero-order chi connectivity index (χ0) is 15.7. The summed E-state index contributed by atoms with van der Waals surface area (Å²) in [5.74, 6) is 0.722. The Labute approximate surface area is 129 Å². The highest BCUT2D eigenvalue weighted by Crippen LogP contribution is 2.10. The van der Waals surface area contributed by atoms with E-state index in [0.29, 0.717) is 6.54 Å². The molecule has 1 heterocycles. The van der Waals surface area contributed by atoms with E-state index in [0.717, 1.165) is 45.1 Å². The van der Waals surface area contributed by atoms with Gasteiger partial charge < -0.3 is 20.3 Å². The molecule has 1 saturated heterocycles. The summed E-state index contributed by atoms with van der Waals surface area (Å²) in [5.41, 5.74) is -0.426. The van der Waals surface area contributed by atoms with E-state index in [2.05, 4.69) is 17.6 Å². The predicted molar refractivity (Wildman–Crippen MR) is 86.6 cm³/mol. The fraction of sp³-hybridized carbons (Fsp3) is 0.938. The van der Waals surface area contributed by atoms with Gasteiger partial charge in [-0.3, -0.25) is 0 Å². The third kappa shape index (κ3) is 8.27. The highest BCUT2D eigenvalue weighted by molar-refractivity contribution is 5.68. The number of hydrogen-bond donors (Lipinski definition) is 2. The Balaban J connectivity index is 2.25. The Morgan fingerprint density at radius 1 is 1.38 bits per heavy atom. The molecule has 0 spiro atoms. The first-order valence-corrected chi connectivity index (χ1v) is 8.31. The first-order chi connectivity index (χ1) is 9.92. The van der Waals surface area contributed by atoms with Gasteiger partial charge in [-0.05, 0) is 65.6 Å². The maximum absolute atomic E-state index is 12.1. The number of amides is 1. The van der Waals surface area contributed by atoms with Crippen molar-refractivity contribution in [3.63, 3.8) is 0 Å². The molecule has 0 aliphatic carbocycles. The third-order valence-corrected chi connectivity index (χ3v) is 3.54. The second-order valence-corrected chi connectivity index (χ2v) is 6.88. The third-order valence-electron chi connectivity index (χ3n) is 3.54. The van der Waals surface area contributed by atoms with Crippen molar-refractivity contribution in [3.05, 3.63) is 0 Å². The van der Waals surface area contributed by atoms with E-state index in [9.17, 15) is 4.79 Å². The van der Waals surface area contributed by atoms with Crippen molar-refractivity contribution in [1.82, 2.24) is 15.5 Å². The van der Waals surface area contributed by atoms with Crippen LogP contribution in [-0.4, -0.2) is 55.9 Å². The van der Waals surface area contributed by atoms with E-state index in [1.807, 2.05) is 20.8 Å². The van der Waals surface area contributed by atoms with Crippen molar-refractivity contribution >= 4 is 6.09 Å². The van der Waals surface area contributed by atoms with Crippen molar-refractivity contribution in [2.45, 2.75) is 52.6 Å². The summed E-state index contributed by atoms with van der Waals surface area (Å²) in [6, 6.07) is 0. The first-order valence-electron chi connectivity index (χ1n) is 8.31. The zero-order valence-electron chi connectivity index (χ0n) is 14.2. The van der Waals surface area contributed by atoms with Crippen LogP contribution in [0.1, 0.15) is 47.0 Å². The van der Waals surface area contributed by atoms with Crippen LogP contribution < -0.4 is 10.6 Å². The summed E-state index contributed by atoms with van der Waals surface area (Å²) in [6.45, 7) is 13.4. The smallest absolute Gasteiger partial charge is 0.410 e. The molecule has 5 nitrogen and oxygen atoms in total. The maximum atomic E-state index is 12.1. The van der Waals surface area contributed by atoms with Crippen LogP contribution in [0, 0.1) is 5.92 Å². The van der Waals surface area contributed by atoms with Gasteiger partial charge in [0.1, 0.15) is 5.60 Å². The van der Waals surface area contributed by atoms with Crippen LogP contribution in [0.15, 0.2) is 0 Å². The number of rotatable bonds is 7. The van der Waals surface area contributed by atoms with Crippen LogP contribution >= 0.6 is 0 Å². The average Bonchev–Trinajstić information content (AvgIpc) is 2.41. The second-order valence-electron chi connectivity index (χ2n) is 6.88. The quantitative estimate of drug-likeness (QED) is 0.708. The molecule has 2 N–H and O–H groups in total. The number of nitrogens with one attached hydrogen (secondary N) is 2. The van der Waals surface area contributed by atoms with Crippen molar-refractivity contribution in [3.8, 4) is 0 Å². The van der Waals surface area contributed by atoms with Gasteiger partial charge >= 0.3 is 6.09 Å². The van der Waals surface area contributed by atoms with Crippen LogP contribution in [0.3, 0.4) is 0 Å². The van der Waals surface area contributed by atoms with Crippen molar-refractivity contribution in [1.29, 1.82) is 0 Å². The molecule has 0 radical (unpaired) electrons. The Morgan fingerprint density at radius 2 is 2.14 bits per heavy atom. The molecule has 5 heteroatoms. The fourth-order valence-electron chi connectivity index (χ4n) is 2.51. The molecule has 0 aromatic rings. The van der Waals surface area contributed by atoms with Crippen LogP contribution in [0.25, 0.3) is 0 Å². The molecule has 1 rings (SSSR count). The van der Waals surface area contributed by atoms with Gasteiger partial charge in [-0.2, -0.15) is 0 Å². The lowest BCUT2D eigenvalue weighted by Gasteiger charge is -2.28. The molecule has 1 atom stereocenters. The molecule has 0 bridgehead atoms. The second kappa shape index (κ2) is 9.26. The standard InChI is InChI=1S/C16H33N3O2/c1-5-10-19(15(20)21-16(2,3)4)11-9-18-13-14-7-6-8-17-12-14/h14,17-18H,5-13H2,1-4H3. The minimum absolute atomic E-state index is 0.203. The Morgan fingerprint density at radius 3 is 2.71 bits per heavy atom. The summed E-state index contributed by atoms with van der Waals surface area (Å²) in [6.07, 6.45) is 3.31. The SMILES string of the molecule is CCCN(CCNCC1CCCNC1)C(=O)OC(C)(C)C. The predicted octanol–water partition coefficient (Wildman–Crippen LogP) is 2.22. The fourth-order valence-corrected chi connectivity index (χ4v) is 2.51. The number of carbonyl (C=O) groups excluding carboxylic acids is 1. The molecule has 0 aromatic carbocycles. The van der Waals surface area contributed by atoms with Gasteiger partial charge in [0.05, 0.1) is 0 Å². The van der Waals surface area contributed by atoms with Crippen LogP contribution in [0.2, 0.25) is 0 Å². The molecule has 1 unspecified atom stereocenters. The molecule has 1 aliphatic heterocycles. The number of piperidine rings is 1. The topological polar surface area (TPSA) is 53.6 Å². The van der Waals surface area contributed by atoms with Gasteiger partial charge in [0.15, 0.2) is 0 Å². The van der Waals surface area contributed by atoms with Gasteiger partial charge in [0, 0.05) is 19.6 Å². The van der Waals surface area contributed by atoms with Crippen LogP contribution in [-0.2, 0) is 4.74 Å². The normalized spacial score (nSPS) is 19.3. The molecule has 1 fully saturated rings. The Bertz CT molecular complexity index is 296. The van der Waals surface area contributed by atoms with Crippen molar-refractivity contribution in [2.75, 3.05) is 39.3 Å². The molecule has 0 aromatic heterocycles. The summed E-state index contributed by atoms with van der Waals surface area (Å²) >= 11 is 0. The van der Waals surface area contributed by atoms with Gasteiger partial charge in [0.2, 0.25) is 0 Å². The van der Waals surface area contributed by atoms with E-state index in [4.69, 9.17) is 4.74 Å². The highest BCUT2D eigenvalue weighted by atomic mass is 16.6. The van der Waals surface area contributed by atoms with Gasteiger partial charge in [-0.15, -0.1) is 0 Å². The van der Waals surface area contributed by atoms with Crippen molar-refractivity contribution in [2.24, 2.45) is 5.92 Å². The summed E-state index contributed by atoms with van der Waals surface area (Å²) in [5, 5.41) is 6.90. The van der Waals surface area contributed by atoms with E-state index < -0.39 is 5.60 Å². The summed E-state index contributed by atoms with van der Waals surface area (Å²) in [7, 11) is 0. The van der Waals surface area contributed by atoms with Gasteiger partial charge in [-0.25, -0.2) is 4.79 Å². The lowest BCUT2D eigenvalue weighted by atomic mass is 10.00. The molecule has 1 aliphatic rings. The Hall–Kier alpha value is -0.810. The maximum Gasteiger partial charge on any atom is 0.410 e. The largest absolute Gasteiger partial charge is 0.444 e. The number of carbonyl (C=O) groups is 1. The molecular formula is C16H33N3O2. The molecule has 0 saturated carbocycles. The van der Waals surface area contributed by atoms with E-state index in [-0.39, 0.29) is 6.09 Å². The summed E-state index contributed by atoms with van der Waals surface area (Å²) < 4.78 is 5.45. The molecule has 124 valence electrons. The molecular weight excluding hydrogens is 266 g/mol. The van der Waals surface area contributed by atoms with E-state index >= 15 is 0 Å². The van der Waals surface area contributed by atoms with Crippen LogP contribution in [0.4, 0.5) is 4.79 Å². The van der Waals surface area contributed by atoms with Crippen LogP contribution in [0.5, 0.6) is 0 Å². The minimum Gasteiger partial charge on any atom is -0.444 e. The minimum atomic E-state index is -0.426. The van der Waals surface area contributed by atoms with E-state index in [1.54, 1.807) is 4.90 Å². The molecule has 1 amide bonds. The number of nitrogens with zero attached hydrogens (tertiary/aromatic N) is 1. The summed E-state index contributed by atoms with van der Waals surface area (Å²) in [4.78, 5) is 13.9. The Kier molecular flexibility index (Phi) is 8.04. The molecule has 21 heavy (non-hydrogen) atoms. The highest BCUT2D eigenvalue weighted by Gasteiger charge is 2.21. The van der Waals surface area contributed by atoms with Gasteiger partial charge in [-0.1, -0.05) is 6.92 Å². The zero-order valence-corrected chi connectivity index (χ0v) is 14.2. The number of ether oxygens (including phenoxy) is 1.